The minimum Gasteiger partial charge on any atom is -0.390 e. The second-order valence-electron chi connectivity index (χ2n) is 2.97. The van der Waals surface area contributed by atoms with E-state index in [0.717, 1.165) is 0 Å². The lowest BCUT2D eigenvalue weighted by Crippen LogP contribution is -2.10. The molecule has 0 fully saturated rings. The van der Waals surface area contributed by atoms with Crippen molar-refractivity contribution in [1.82, 2.24) is 0 Å². The molecule has 0 atom stereocenters. The molecule has 0 spiro atoms. The van der Waals surface area contributed by atoms with E-state index in [1.165, 1.54) is 6.92 Å². The van der Waals surface area contributed by atoms with Crippen molar-refractivity contribution in [3.05, 3.63) is 11.6 Å². The van der Waals surface area contributed by atoms with Crippen molar-refractivity contribution >= 4 is 11.9 Å². The third-order valence-corrected chi connectivity index (χ3v) is 1.14. The Morgan fingerprint density at radius 1 is 1.25 bits per heavy atom. The van der Waals surface area contributed by atoms with Crippen LogP contribution in [0.15, 0.2) is 11.6 Å². The summed E-state index contributed by atoms with van der Waals surface area (Å²) in [5.74, 6) is -0.850. The summed E-state index contributed by atoms with van der Waals surface area (Å²) in [5.41, 5.74) is 0.472. The molecule has 0 aliphatic rings. The molecular formula is C9H14O3. The Hall–Kier alpha value is -1.12. The van der Waals surface area contributed by atoms with E-state index in [1.807, 2.05) is 13.8 Å². The van der Waals surface area contributed by atoms with E-state index in [2.05, 4.69) is 4.74 Å². The van der Waals surface area contributed by atoms with Gasteiger partial charge in [0, 0.05) is 12.5 Å². The molecule has 0 radical (unpaired) electrons. The fourth-order valence-electron chi connectivity index (χ4n) is 0.779. The summed E-state index contributed by atoms with van der Waals surface area (Å²) in [6.07, 6.45) is 1.76. The zero-order valence-electron chi connectivity index (χ0n) is 7.88. The van der Waals surface area contributed by atoms with Crippen LogP contribution in [0.5, 0.6) is 0 Å². The van der Waals surface area contributed by atoms with Gasteiger partial charge in [-0.05, 0) is 12.8 Å². The normalized spacial score (nSPS) is 11.6. The third-order valence-electron chi connectivity index (χ3n) is 1.14. The number of ether oxygens (including phenoxy) is 1. The third kappa shape index (κ3) is 4.66. The molecule has 0 heterocycles. The summed E-state index contributed by atoms with van der Waals surface area (Å²) in [6.45, 7) is 6.74. The summed E-state index contributed by atoms with van der Waals surface area (Å²) in [6, 6.07) is 0. The molecule has 0 N–H and O–H groups in total. The predicted octanol–water partition coefficient (Wildman–Crippen LogP) is 1.68. The number of esters is 2. The summed E-state index contributed by atoms with van der Waals surface area (Å²) >= 11 is 0. The number of hydrogen-bond donors (Lipinski definition) is 0. The van der Waals surface area contributed by atoms with Gasteiger partial charge in [0.15, 0.2) is 0 Å². The van der Waals surface area contributed by atoms with E-state index >= 15 is 0 Å². The first-order valence-corrected chi connectivity index (χ1v) is 3.84. The molecule has 0 aromatic heterocycles. The fraction of sp³-hybridized carbons (Fsp3) is 0.556. The number of allylic oxidation sites excluding steroid dienone is 1. The van der Waals surface area contributed by atoms with E-state index in [-0.39, 0.29) is 5.92 Å². The Bertz CT molecular complexity index is 214. The lowest BCUT2D eigenvalue weighted by atomic mass is 10.1. The minimum absolute atomic E-state index is 0.282. The highest BCUT2D eigenvalue weighted by atomic mass is 16.6. The van der Waals surface area contributed by atoms with Crippen LogP contribution >= 0.6 is 0 Å². The van der Waals surface area contributed by atoms with Gasteiger partial charge in [-0.1, -0.05) is 19.9 Å². The van der Waals surface area contributed by atoms with Crippen molar-refractivity contribution in [3.63, 3.8) is 0 Å². The molecule has 68 valence electrons. The highest BCUT2D eigenvalue weighted by molar-refractivity contribution is 5.95. The Balaban J connectivity index is 4.19. The summed E-state index contributed by atoms with van der Waals surface area (Å²) in [7, 11) is 0. The quantitative estimate of drug-likeness (QED) is 0.360. The topological polar surface area (TPSA) is 43.4 Å². The van der Waals surface area contributed by atoms with Gasteiger partial charge in [0.2, 0.25) is 0 Å². The van der Waals surface area contributed by atoms with Crippen LogP contribution in [0.2, 0.25) is 0 Å². The smallest absolute Gasteiger partial charge is 0.341 e. The van der Waals surface area contributed by atoms with Crippen LogP contribution in [0.25, 0.3) is 0 Å². The zero-order chi connectivity index (χ0) is 9.72. The summed E-state index contributed by atoms with van der Waals surface area (Å²) < 4.78 is 4.37. The molecule has 0 bridgehead atoms. The van der Waals surface area contributed by atoms with Crippen LogP contribution in [-0.4, -0.2) is 11.9 Å². The predicted molar refractivity (Wildman–Crippen MR) is 45.4 cm³/mol. The average molecular weight is 170 g/mol. The molecule has 0 amide bonds. The number of carbonyl (C=O) groups is 2. The lowest BCUT2D eigenvalue weighted by molar-refractivity contribution is -0.155. The fourth-order valence-corrected chi connectivity index (χ4v) is 0.779. The van der Waals surface area contributed by atoms with Crippen LogP contribution < -0.4 is 0 Å². The molecule has 0 unspecified atom stereocenters. The molecule has 0 saturated heterocycles. The molecule has 12 heavy (non-hydrogen) atoms. The summed E-state index contributed by atoms with van der Waals surface area (Å²) in [4.78, 5) is 21.4. The van der Waals surface area contributed by atoms with Crippen molar-refractivity contribution in [2.45, 2.75) is 27.7 Å². The molecular weight excluding hydrogens is 156 g/mol. The SMILES string of the molecule is CC(=O)OC(=O)C(C)=CC(C)C. The van der Waals surface area contributed by atoms with Gasteiger partial charge < -0.3 is 4.74 Å². The van der Waals surface area contributed by atoms with Crippen molar-refractivity contribution < 1.29 is 14.3 Å². The van der Waals surface area contributed by atoms with Gasteiger partial charge in [0.25, 0.3) is 0 Å². The Morgan fingerprint density at radius 2 is 1.75 bits per heavy atom. The maximum atomic E-state index is 11.0. The zero-order valence-corrected chi connectivity index (χ0v) is 7.88. The number of rotatable bonds is 2. The first kappa shape index (κ1) is 10.9. The average Bonchev–Trinajstić information content (AvgIpc) is 1.84. The standard InChI is InChI=1S/C9H14O3/c1-6(2)5-7(3)9(11)12-8(4)10/h5-6H,1-4H3. The monoisotopic (exact) mass is 170 g/mol. The highest BCUT2D eigenvalue weighted by Crippen LogP contribution is 2.03. The van der Waals surface area contributed by atoms with E-state index < -0.39 is 11.9 Å². The van der Waals surface area contributed by atoms with Crippen LogP contribution in [0.1, 0.15) is 27.7 Å². The number of hydrogen-bond acceptors (Lipinski definition) is 3. The molecule has 0 rings (SSSR count). The van der Waals surface area contributed by atoms with Crippen LogP contribution in [-0.2, 0) is 14.3 Å². The van der Waals surface area contributed by atoms with Crippen molar-refractivity contribution in [1.29, 1.82) is 0 Å². The Morgan fingerprint density at radius 3 is 2.08 bits per heavy atom. The maximum absolute atomic E-state index is 11.0. The first-order chi connectivity index (χ1) is 5.43. The maximum Gasteiger partial charge on any atom is 0.341 e. The van der Waals surface area contributed by atoms with E-state index in [1.54, 1.807) is 13.0 Å². The molecule has 3 heteroatoms. The van der Waals surface area contributed by atoms with Crippen molar-refractivity contribution in [3.8, 4) is 0 Å². The van der Waals surface area contributed by atoms with Gasteiger partial charge in [-0.3, -0.25) is 4.79 Å². The Kier molecular flexibility index (Phi) is 4.26. The minimum atomic E-state index is -0.573. The van der Waals surface area contributed by atoms with Crippen LogP contribution in [0.4, 0.5) is 0 Å². The van der Waals surface area contributed by atoms with Crippen LogP contribution in [0, 0.1) is 5.92 Å². The van der Waals surface area contributed by atoms with Gasteiger partial charge in [-0.25, -0.2) is 4.79 Å². The van der Waals surface area contributed by atoms with Crippen molar-refractivity contribution in [2.75, 3.05) is 0 Å². The highest BCUT2D eigenvalue weighted by Gasteiger charge is 2.08. The van der Waals surface area contributed by atoms with Gasteiger partial charge in [-0.15, -0.1) is 0 Å². The second-order valence-corrected chi connectivity index (χ2v) is 2.97. The largest absolute Gasteiger partial charge is 0.390 e. The van der Waals surface area contributed by atoms with Gasteiger partial charge in [0.1, 0.15) is 0 Å². The van der Waals surface area contributed by atoms with E-state index in [9.17, 15) is 9.59 Å². The van der Waals surface area contributed by atoms with Crippen molar-refractivity contribution in [2.24, 2.45) is 5.92 Å². The number of carbonyl (C=O) groups excluding carboxylic acids is 2. The lowest BCUT2D eigenvalue weighted by Gasteiger charge is -2.01. The molecule has 3 nitrogen and oxygen atoms in total. The van der Waals surface area contributed by atoms with Crippen LogP contribution in [0.3, 0.4) is 0 Å². The summed E-state index contributed by atoms with van der Waals surface area (Å²) in [5, 5.41) is 0. The van der Waals surface area contributed by atoms with Gasteiger partial charge in [0.05, 0.1) is 0 Å². The molecule has 0 aromatic carbocycles. The van der Waals surface area contributed by atoms with Gasteiger partial charge >= 0.3 is 11.9 Å². The molecule has 0 saturated carbocycles. The van der Waals surface area contributed by atoms with E-state index in [0.29, 0.717) is 5.57 Å². The Labute approximate surface area is 72.4 Å². The van der Waals surface area contributed by atoms with Gasteiger partial charge in [-0.2, -0.15) is 0 Å². The molecule has 0 aromatic rings. The molecule has 0 aliphatic carbocycles. The molecule has 0 aliphatic heterocycles. The second kappa shape index (κ2) is 4.70. The van der Waals surface area contributed by atoms with E-state index in [4.69, 9.17) is 0 Å². The first-order valence-electron chi connectivity index (χ1n) is 3.84.